The van der Waals surface area contributed by atoms with Crippen LogP contribution in [0, 0.1) is 4.91 Å². The van der Waals surface area contributed by atoms with Crippen molar-refractivity contribution in [2.24, 2.45) is 5.18 Å². The van der Waals surface area contributed by atoms with Crippen molar-refractivity contribution in [3.8, 4) is 0 Å². The summed E-state index contributed by atoms with van der Waals surface area (Å²) >= 11 is 0. The number of hydrogen-bond acceptors (Lipinski definition) is 3. The second-order valence-corrected chi connectivity index (χ2v) is 2.74. The summed E-state index contributed by atoms with van der Waals surface area (Å²) in [6.07, 6.45) is 2.79. The molecule has 11 heavy (non-hydrogen) atoms. The van der Waals surface area contributed by atoms with Crippen LogP contribution in [0.1, 0.15) is 19.8 Å². The zero-order valence-electron chi connectivity index (χ0n) is 6.33. The summed E-state index contributed by atoms with van der Waals surface area (Å²) in [6, 6.07) is 0.379. The van der Waals surface area contributed by atoms with E-state index >= 15 is 0 Å². The minimum absolute atomic E-state index is 0.167. The SMILES string of the molecule is CC1CC(CC(=O)N=O)=CN1. The average Bonchev–Trinajstić information content (AvgIpc) is 2.35. The molecule has 1 atom stereocenters. The number of carbonyl (C=O) groups excluding carboxylic acids is 1. The van der Waals surface area contributed by atoms with Gasteiger partial charge in [-0.05, 0) is 25.1 Å². The molecule has 1 aliphatic heterocycles. The highest BCUT2D eigenvalue weighted by atomic mass is 16.3. The maximum atomic E-state index is 10.5. The summed E-state index contributed by atoms with van der Waals surface area (Å²) in [7, 11) is 0. The number of nitrogens with one attached hydrogen (secondary N) is 1. The van der Waals surface area contributed by atoms with Crippen LogP contribution in [-0.4, -0.2) is 11.9 Å². The number of amides is 1. The van der Waals surface area contributed by atoms with Crippen LogP contribution in [0.4, 0.5) is 0 Å². The van der Waals surface area contributed by atoms with E-state index in [1.165, 1.54) is 0 Å². The lowest BCUT2D eigenvalue weighted by atomic mass is 10.1. The summed E-state index contributed by atoms with van der Waals surface area (Å²) in [5.41, 5.74) is 0.960. The van der Waals surface area contributed by atoms with Crippen LogP contribution < -0.4 is 5.32 Å². The van der Waals surface area contributed by atoms with Gasteiger partial charge in [-0.3, -0.25) is 4.79 Å². The van der Waals surface area contributed by atoms with Gasteiger partial charge in [-0.1, -0.05) is 0 Å². The highest BCUT2D eigenvalue weighted by Crippen LogP contribution is 2.15. The number of carbonyl (C=O) groups is 1. The molecule has 0 saturated heterocycles. The van der Waals surface area contributed by atoms with E-state index in [1.54, 1.807) is 6.20 Å². The van der Waals surface area contributed by atoms with Crippen LogP contribution in [-0.2, 0) is 4.79 Å². The molecule has 0 fully saturated rings. The highest BCUT2D eigenvalue weighted by Gasteiger charge is 2.14. The predicted octanol–water partition coefficient (Wildman–Crippen LogP) is 0.935. The average molecular weight is 154 g/mol. The molecule has 0 saturated carbocycles. The summed E-state index contributed by atoms with van der Waals surface area (Å²) in [4.78, 5) is 20.3. The first-order valence-electron chi connectivity index (χ1n) is 3.52. The molecule has 4 nitrogen and oxygen atoms in total. The van der Waals surface area contributed by atoms with E-state index in [0.29, 0.717) is 6.04 Å². The summed E-state index contributed by atoms with van der Waals surface area (Å²) in [5, 5.41) is 5.36. The highest BCUT2D eigenvalue weighted by molar-refractivity contribution is 5.79. The molecule has 0 spiro atoms. The van der Waals surface area contributed by atoms with Gasteiger partial charge in [0, 0.05) is 11.2 Å². The van der Waals surface area contributed by atoms with Gasteiger partial charge in [0.05, 0.1) is 6.42 Å². The van der Waals surface area contributed by atoms with Crippen molar-refractivity contribution >= 4 is 5.91 Å². The van der Waals surface area contributed by atoms with E-state index < -0.39 is 5.91 Å². The van der Waals surface area contributed by atoms with Crippen molar-refractivity contribution in [3.05, 3.63) is 16.7 Å². The summed E-state index contributed by atoms with van der Waals surface area (Å²) in [5.74, 6) is -0.591. The molecule has 1 aliphatic rings. The molecule has 1 N–H and O–H groups in total. The Kier molecular flexibility index (Phi) is 2.36. The fourth-order valence-electron chi connectivity index (χ4n) is 1.12. The Morgan fingerprint density at radius 2 is 2.64 bits per heavy atom. The zero-order valence-corrected chi connectivity index (χ0v) is 6.33. The topological polar surface area (TPSA) is 58.5 Å². The van der Waals surface area contributed by atoms with Gasteiger partial charge in [0.1, 0.15) is 0 Å². The van der Waals surface area contributed by atoms with Crippen LogP contribution in [0.25, 0.3) is 0 Å². The van der Waals surface area contributed by atoms with E-state index in [0.717, 1.165) is 12.0 Å². The van der Waals surface area contributed by atoms with Crippen LogP contribution in [0.3, 0.4) is 0 Å². The van der Waals surface area contributed by atoms with Gasteiger partial charge in [0.2, 0.25) is 0 Å². The predicted molar refractivity (Wildman–Crippen MR) is 40.7 cm³/mol. The smallest absolute Gasteiger partial charge is 0.290 e. The first-order valence-corrected chi connectivity index (χ1v) is 3.52. The van der Waals surface area contributed by atoms with Crippen LogP contribution in [0.15, 0.2) is 16.9 Å². The fourth-order valence-corrected chi connectivity index (χ4v) is 1.12. The number of hydrogen-bond donors (Lipinski definition) is 1. The normalized spacial score (nSPS) is 22.3. The van der Waals surface area contributed by atoms with Crippen LogP contribution in [0.2, 0.25) is 0 Å². The van der Waals surface area contributed by atoms with Crippen molar-refractivity contribution in [3.63, 3.8) is 0 Å². The second kappa shape index (κ2) is 3.27. The van der Waals surface area contributed by atoms with Gasteiger partial charge in [-0.25, -0.2) is 0 Å². The molecule has 0 aromatic rings. The lowest BCUT2D eigenvalue weighted by molar-refractivity contribution is -0.117. The lowest BCUT2D eigenvalue weighted by Crippen LogP contribution is -2.13. The molecule has 60 valence electrons. The zero-order chi connectivity index (χ0) is 8.27. The standard InChI is InChI=1S/C7H10N2O2/c1-5-2-6(4-8-5)3-7(10)9-11/h4-5,8H,2-3H2,1H3. The van der Waals surface area contributed by atoms with Crippen molar-refractivity contribution in [1.29, 1.82) is 0 Å². The molecule has 0 aromatic carbocycles. The Bertz CT molecular complexity index is 210. The molecule has 0 bridgehead atoms. The molecule has 0 radical (unpaired) electrons. The molecule has 1 unspecified atom stereocenters. The molecule has 1 amide bonds. The molecular formula is C7H10N2O2. The van der Waals surface area contributed by atoms with Gasteiger partial charge < -0.3 is 5.32 Å². The fraction of sp³-hybridized carbons (Fsp3) is 0.571. The Morgan fingerprint density at radius 1 is 1.91 bits per heavy atom. The molecule has 4 heteroatoms. The Hall–Kier alpha value is -1.19. The second-order valence-electron chi connectivity index (χ2n) is 2.74. The maximum absolute atomic E-state index is 10.5. The molecular weight excluding hydrogens is 144 g/mol. The van der Waals surface area contributed by atoms with Crippen LogP contribution in [0.5, 0.6) is 0 Å². The number of nitroso groups, excluding NO2 is 1. The monoisotopic (exact) mass is 154 g/mol. The number of rotatable bonds is 2. The van der Waals surface area contributed by atoms with Gasteiger partial charge in [0.25, 0.3) is 5.91 Å². The van der Waals surface area contributed by atoms with Gasteiger partial charge in [0.15, 0.2) is 0 Å². The lowest BCUT2D eigenvalue weighted by Gasteiger charge is -1.99. The van der Waals surface area contributed by atoms with Crippen molar-refractivity contribution in [2.45, 2.75) is 25.8 Å². The van der Waals surface area contributed by atoms with Gasteiger partial charge in [-0.2, -0.15) is 0 Å². The summed E-state index contributed by atoms with van der Waals surface area (Å²) in [6.45, 7) is 2.02. The third kappa shape index (κ3) is 2.14. The van der Waals surface area contributed by atoms with Crippen LogP contribution >= 0.6 is 0 Å². The van der Waals surface area contributed by atoms with Crippen molar-refractivity contribution in [2.75, 3.05) is 0 Å². The quantitative estimate of drug-likeness (QED) is 0.602. The van der Waals surface area contributed by atoms with E-state index in [4.69, 9.17) is 0 Å². The Morgan fingerprint density at radius 3 is 3.09 bits per heavy atom. The number of nitrogens with zero attached hydrogens (tertiary/aromatic N) is 1. The minimum atomic E-state index is -0.591. The first kappa shape index (κ1) is 7.91. The molecule has 1 rings (SSSR count). The Balaban J connectivity index is 2.39. The summed E-state index contributed by atoms with van der Waals surface area (Å²) < 4.78 is 0. The minimum Gasteiger partial charge on any atom is -0.388 e. The molecule has 0 aliphatic carbocycles. The van der Waals surface area contributed by atoms with E-state index in [9.17, 15) is 9.70 Å². The Labute approximate surface area is 64.6 Å². The van der Waals surface area contributed by atoms with Crippen molar-refractivity contribution < 1.29 is 4.79 Å². The maximum Gasteiger partial charge on any atom is 0.290 e. The molecule has 1 heterocycles. The third-order valence-electron chi connectivity index (χ3n) is 1.62. The largest absolute Gasteiger partial charge is 0.388 e. The third-order valence-corrected chi connectivity index (χ3v) is 1.62. The van der Waals surface area contributed by atoms with E-state index in [1.807, 2.05) is 6.92 Å². The van der Waals surface area contributed by atoms with Gasteiger partial charge in [-0.15, -0.1) is 4.91 Å². The van der Waals surface area contributed by atoms with Crippen molar-refractivity contribution in [1.82, 2.24) is 5.32 Å². The first-order chi connectivity index (χ1) is 5.22. The van der Waals surface area contributed by atoms with Gasteiger partial charge >= 0.3 is 0 Å². The molecule has 0 aromatic heterocycles. The van der Waals surface area contributed by atoms with E-state index in [-0.39, 0.29) is 6.42 Å². The van der Waals surface area contributed by atoms with E-state index in [2.05, 4.69) is 10.5 Å².